The molecule has 6 heteroatoms. The minimum Gasteiger partial charge on any atom is -0.448 e. The number of benzene rings is 1. The molecule has 1 aromatic rings. The van der Waals surface area contributed by atoms with Crippen molar-refractivity contribution < 1.29 is 18.7 Å². The number of hydrogen-bond donors (Lipinski definition) is 0. The highest BCUT2D eigenvalue weighted by atomic mass is 19.1. The first-order valence-electron chi connectivity index (χ1n) is 9.25. The molecule has 1 aromatic carbocycles. The van der Waals surface area contributed by atoms with Crippen molar-refractivity contribution in [2.24, 2.45) is 10.8 Å². The Bertz CT molecular complexity index is 772. The molecule has 140 valence electrons. The maximum Gasteiger partial charge on any atom is 0.313 e. The number of fused-ring (bicyclic) bond motifs is 2. The number of esters is 1. The molecule has 2 atom stereocenters. The fraction of sp³-hybridized carbons (Fsp3) is 0.600. The van der Waals surface area contributed by atoms with Gasteiger partial charge in [-0.25, -0.2) is 4.39 Å². The lowest BCUT2D eigenvalue weighted by molar-refractivity contribution is -0.174. The molecule has 4 rings (SSSR count). The molecule has 2 saturated heterocycles. The average molecular weight is 360 g/mol. The molecule has 2 unspecified atom stereocenters. The lowest BCUT2D eigenvalue weighted by Gasteiger charge is -2.42. The second kappa shape index (κ2) is 5.44. The topological polar surface area (TPSA) is 49.9 Å². The molecule has 1 amide bonds. The van der Waals surface area contributed by atoms with Crippen molar-refractivity contribution >= 4 is 17.6 Å². The number of halogens is 1. The summed E-state index contributed by atoms with van der Waals surface area (Å²) in [5.74, 6) is -0.597. The third kappa shape index (κ3) is 2.01. The van der Waals surface area contributed by atoms with E-state index in [0.29, 0.717) is 44.7 Å². The van der Waals surface area contributed by atoms with Gasteiger partial charge in [-0.15, -0.1) is 0 Å². The fourth-order valence-electron chi connectivity index (χ4n) is 4.84. The molecule has 2 aliphatic heterocycles. The fourth-order valence-corrected chi connectivity index (χ4v) is 4.84. The minimum atomic E-state index is -1.06. The van der Waals surface area contributed by atoms with Crippen LogP contribution in [-0.4, -0.2) is 48.6 Å². The number of hydrogen-bond acceptors (Lipinski definition) is 4. The Balaban J connectivity index is 1.51. The summed E-state index contributed by atoms with van der Waals surface area (Å²) in [5, 5.41) is 0. The van der Waals surface area contributed by atoms with Gasteiger partial charge in [0.15, 0.2) is 5.60 Å². The van der Waals surface area contributed by atoms with E-state index in [-0.39, 0.29) is 17.7 Å². The zero-order valence-corrected chi connectivity index (χ0v) is 15.5. The SMILES string of the molecule is CC12CCC(C(=O)N3CCN(c4ccccc4F)CC3)(OC1=O)C2(C)C. The molecule has 26 heavy (non-hydrogen) atoms. The Hall–Kier alpha value is -2.11. The van der Waals surface area contributed by atoms with E-state index in [9.17, 15) is 14.0 Å². The number of para-hydroxylation sites is 1. The molecule has 0 radical (unpaired) electrons. The van der Waals surface area contributed by atoms with Crippen molar-refractivity contribution in [2.45, 2.75) is 39.2 Å². The van der Waals surface area contributed by atoms with Gasteiger partial charge in [0.05, 0.1) is 11.1 Å². The largest absolute Gasteiger partial charge is 0.448 e. The molecule has 3 fully saturated rings. The second-order valence-corrected chi connectivity index (χ2v) is 8.40. The zero-order valence-electron chi connectivity index (χ0n) is 15.5. The minimum absolute atomic E-state index is 0.0924. The quantitative estimate of drug-likeness (QED) is 0.761. The van der Waals surface area contributed by atoms with Crippen LogP contribution in [0.3, 0.4) is 0 Å². The van der Waals surface area contributed by atoms with E-state index in [1.54, 1.807) is 17.0 Å². The molecule has 1 aliphatic carbocycles. The monoisotopic (exact) mass is 360 g/mol. The molecule has 3 aliphatic rings. The predicted octanol–water partition coefficient (Wildman–Crippen LogP) is 2.60. The lowest BCUT2D eigenvalue weighted by Crippen LogP contribution is -2.59. The number of nitrogens with zero attached hydrogens (tertiary/aromatic N) is 2. The van der Waals surface area contributed by atoms with Gasteiger partial charge < -0.3 is 14.5 Å². The smallest absolute Gasteiger partial charge is 0.313 e. The van der Waals surface area contributed by atoms with Gasteiger partial charge in [0, 0.05) is 31.6 Å². The molecule has 0 aromatic heterocycles. The van der Waals surface area contributed by atoms with Crippen molar-refractivity contribution in [3.8, 4) is 0 Å². The van der Waals surface area contributed by atoms with Crippen LogP contribution >= 0.6 is 0 Å². The number of carbonyl (C=O) groups is 2. The van der Waals surface area contributed by atoms with Crippen LogP contribution in [0.4, 0.5) is 10.1 Å². The van der Waals surface area contributed by atoms with Crippen molar-refractivity contribution in [3.05, 3.63) is 30.1 Å². The third-order valence-corrected chi connectivity index (χ3v) is 7.19. The predicted molar refractivity (Wildman–Crippen MR) is 95.1 cm³/mol. The van der Waals surface area contributed by atoms with Gasteiger partial charge in [-0.2, -0.15) is 0 Å². The first kappa shape index (κ1) is 17.3. The van der Waals surface area contributed by atoms with Gasteiger partial charge in [0.2, 0.25) is 0 Å². The summed E-state index contributed by atoms with van der Waals surface area (Å²) < 4.78 is 19.7. The van der Waals surface area contributed by atoms with E-state index in [1.165, 1.54) is 6.07 Å². The maximum atomic E-state index is 14.0. The summed E-state index contributed by atoms with van der Waals surface area (Å²) >= 11 is 0. The second-order valence-electron chi connectivity index (χ2n) is 8.40. The molecule has 2 bridgehead atoms. The van der Waals surface area contributed by atoms with E-state index >= 15 is 0 Å². The van der Waals surface area contributed by atoms with Crippen LogP contribution in [0.2, 0.25) is 0 Å². The Labute approximate surface area is 153 Å². The van der Waals surface area contributed by atoms with Crippen LogP contribution in [0.15, 0.2) is 24.3 Å². The first-order valence-corrected chi connectivity index (χ1v) is 9.25. The summed E-state index contributed by atoms with van der Waals surface area (Å²) in [4.78, 5) is 29.5. The Morgan fingerprint density at radius 1 is 1.08 bits per heavy atom. The number of carbonyl (C=O) groups excluding carboxylic acids is 2. The van der Waals surface area contributed by atoms with Crippen LogP contribution in [0.5, 0.6) is 0 Å². The highest BCUT2D eigenvalue weighted by molar-refractivity contribution is 5.96. The summed E-state index contributed by atoms with van der Waals surface area (Å²) in [6.45, 7) is 7.98. The molecule has 5 nitrogen and oxygen atoms in total. The highest BCUT2D eigenvalue weighted by Crippen LogP contribution is 2.65. The van der Waals surface area contributed by atoms with Crippen LogP contribution in [0.1, 0.15) is 33.6 Å². The molecular formula is C20H25FN2O3. The Morgan fingerprint density at radius 3 is 2.27 bits per heavy atom. The Kier molecular flexibility index (Phi) is 3.62. The number of anilines is 1. The number of amides is 1. The van der Waals surface area contributed by atoms with Crippen molar-refractivity contribution in [3.63, 3.8) is 0 Å². The third-order valence-electron chi connectivity index (χ3n) is 7.19. The van der Waals surface area contributed by atoms with Gasteiger partial charge in [-0.05, 0) is 31.9 Å². The van der Waals surface area contributed by atoms with Gasteiger partial charge in [-0.3, -0.25) is 9.59 Å². The Morgan fingerprint density at radius 2 is 1.73 bits per heavy atom. The molecule has 0 N–H and O–H groups in total. The summed E-state index contributed by atoms with van der Waals surface area (Å²) in [7, 11) is 0. The maximum absolute atomic E-state index is 14.0. The van der Waals surface area contributed by atoms with Gasteiger partial charge >= 0.3 is 5.97 Å². The van der Waals surface area contributed by atoms with Crippen LogP contribution < -0.4 is 4.90 Å². The standard InChI is InChI=1S/C20H25FN2O3/c1-18(2)19(3)8-9-20(18,26-17(19)25)16(24)23-12-10-22(11-13-23)15-7-5-4-6-14(15)21/h4-7H,8-13H2,1-3H3. The normalized spacial score (nSPS) is 32.7. The summed E-state index contributed by atoms with van der Waals surface area (Å²) in [5.41, 5.74) is -1.62. The average Bonchev–Trinajstić information content (AvgIpc) is 2.92. The van der Waals surface area contributed by atoms with E-state index in [4.69, 9.17) is 4.74 Å². The van der Waals surface area contributed by atoms with E-state index < -0.39 is 16.4 Å². The molecular weight excluding hydrogens is 335 g/mol. The molecule has 2 heterocycles. The first-order chi connectivity index (χ1) is 12.2. The van der Waals surface area contributed by atoms with E-state index in [1.807, 2.05) is 31.7 Å². The zero-order chi connectivity index (χ0) is 18.7. The summed E-state index contributed by atoms with van der Waals surface area (Å²) in [6.07, 6.45) is 1.26. The van der Waals surface area contributed by atoms with Crippen molar-refractivity contribution in [1.29, 1.82) is 0 Å². The van der Waals surface area contributed by atoms with E-state index in [0.717, 1.165) is 0 Å². The highest BCUT2D eigenvalue weighted by Gasteiger charge is 2.76. The van der Waals surface area contributed by atoms with Gasteiger partial charge in [0.25, 0.3) is 5.91 Å². The van der Waals surface area contributed by atoms with Gasteiger partial charge in [-0.1, -0.05) is 26.0 Å². The molecule has 0 spiro atoms. The van der Waals surface area contributed by atoms with Crippen molar-refractivity contribution in [2.75, 3.05) is 31.1 Å². The summed E-state index contributed by atoms with van der Waals surface area (Å²) in [6, 6.07) is 6.70. The lowest BCUT2D eigenvalue weighted by atomic mass is 9.66. The number of rotatable bonds is 2. The van der Waals surface area contributed by atoms with Crippen LogP contribution in [-0.2, 0) is 14.3 Å². The van der Waals surface area contributed by atoms with Gasteiger partial charge in [0.1, 0.15) is 5.82 Å². The number of piperazine rings is 1. The van der Waals surface area contributed by atoms with E-state index in [2.05, 4.69) is 0 Å². The van der Waals surface area contributed by atoms with Crippen LogP contribution in [0.25, 0.3) is 0 Å². The van der Waals surface area contributed by atoms with Crippen LogP contribution in [0, 0.1) is 16.6 Å². The van der Waals surface area contributed by atoms with Crippen molar-refractivity contribution in [1.82, 2.24) is 4.90 Å². The number of ether oxygens (including phenoxy) is 1. The molecule has 1 saturated carbocycles.